The van der Waals surface area contributed by atoms with E-state index in [0.29, 0.717) is 10.8 Å². The molecule has 3 saturated carbocycles. The third-order valence-electron chi connectivity index (χ3n) is 4.59. The van der Waals surface area contributed by atoms with Gasteiger partial charge in [-0.3, -0.25) is 4.79 Å². The fourth-order valence-corrected chi connectivity index (χ4v) is 3.25. The van der Waals surface area contributed by atoms with Crippen LogP contribution >= 0.6 is 0 Å². The first-order valence-electron chi connectivity index (χ1n) is 5.21. The zero-order chi connectivity index (χ0) is 10.8. The minimum atomic E-state index is -0.841. The van der Waals surface area contributed by atoms with Gasteiger partial charge in [-0.15, -0.1) is 0 Å². The zero-order valence-corrected chi connectivity index (χ0v) is 9.13. The average molecular weight is 197 g/mol. The summed E-state index contributed by atoms with van der Waals surface area (Å²) in [6.07, 6.45) is 3.03. The Hall–Kier alpha value is -0.570. The molecule has 1 atom stereocenters. The lowest BCUT2D eigenvalue weighted by molar-refractivity contribution is -0.268. The van der Waals surface area contributed by atoms with Crippen LogP contribution in [0.1, 0.15) is 40.0 Å². The Bertz CT molecular complexity index is 270. The smallest absolute Gasteiger partial charge is 0.321 e. The maximum atomic E-state index is 10.8. The summed E-state index contributed by atoms with van der Waals surface area (Å²) in [5, 5.41) is 8.87. The summed E-state index contributed by atoms with van der Waals surface area (Å²) in [7, 11) is 0. The first-order valence-corrected chi connectivity index (χ1v) is 5.21. The van der Waals surface area contributed by atoms with Crippen LogP contribution in [0.3, 0.4) is 0 Å². The molecule has 3 rings (SSSR count). The van der Waals surface area contributed by atoms with Crippen molar-refractivity contribution in [1.82, 2.24) is 0 Å². The van der Waals surface area contributed by atoms with Crippen molar-refractivity contribution in [3.63, 3.8) is 0 Å². The second-order valence-corrected chi connectivity index (χ2v) is 6.24. The normalized spacial score (nSPS) is 42.3. The maximum absolute atomic E-state index is 10.8. The Kier molecular flexibility index (Phi) is 1.65. The Morgan fingerprint density at radius 1 is 1.36 bits per heavy atom. The Balaban J connectivity index is 2.04. The van der Waals surface area contributed by atoms with Gasteiger partial charge in [-0.1, -0.05) is 20.8 Å². The fraction of sp³-hybridized carbons (Fsp3) is 0.909. The molecule has 0 aromatic rings. The van der Waals surface area contributed by atoms with E-state index in [0.717, 1.165) is 19.3 Å². The zero-order valence-electron chi connectivity index (χ0n) is 9.13. The lowest BCUT2D eigenvalue weighted by Crippen LogP contribution is -2.73. The third-order valence-corrected chi connectivity index (χ3v) is 4.59. The van der Waals surface area contributed by atoms with Crippen LogP contribution in [0.5, 0.6) is 0 Å². The van der Waals surface area contributed by atoms with Gasteiger partial charge in [0.05, 0.1) is 0 Å². The monoisotopic (exact) mass is 197 g/mol. The Morgan fingerprint density at radius 2 is 1.79 bits per heavy atom. The van der Waals surface area contributed by atoms with Crippen LogP contribution < -0.4 is 5.73 Å². The van der Waals surface area contributed by atoms with Crippen molar-refractivity contribution in [2.24, 2.45) is 22.0 Å². The minimum Gasteiger partial charge on any atom is -0.480 e. The molecule has 3 N–H and O–H groups in total. The maximum Gasteiger partial charge on any atom is 0.321 e. The van der Waals surface area contributed by atoms with Gasteiger partial charge in [0.1, 0.15) is 6.04 Å². The summed E-state index contributed by atoms with van der Waals surface area (Å²) >= 11 is 0. The van der Waals surface area contributed by atoms with Crippen LogP contribution in [0.25, 0.3) is 0 Å². The number of hydrogen-bond acceptors (Lipinski definition) is 2. The Labute approximate surface area is 84.7 Å². The standard InChI is InChI=1S/C11H19NO2/c1-9(2,3)11-4-10(5-11,6-11)7(12)8(13)14/h7H,4-6,12H2,1-3H3,(H,13,14)/t7-,10?,11?/m1/s1. The van der Waals surface area contributed by atoms with E-state index in [1.165, 1.54) is 0 Å². The molecule has 2 bridgehead atoms. The van der Waals surface area contributed by atoms with Gasteiger partial charge >= 0.3 is 5.97 Å². The molecule has 3 fully saturated rings. The van der Waals surface area contributed by atoms with Gasteiger partial charge in [-0.2, -0.15) is 0 Å². The first-order chi connectivity index (χ1) is 6.23. The van der Waals surface area contributed by atoms with Crippen LogP contribution in [0.15, 0.2) is 0 Å². The summed E-state index contributed by atoms with van der Waals surface area (Å²) in [5.41, 5.74) is 6.33. The van der Waals surface area contributed by atoms with E-state index in [4.69, 9.17) is 10.8 Å². The van der Waals surface area contributed by atoms with Crippen molar-refractivity contribution < 1.29 is 9.90 Å². The average Bonchev–Trinajstić information content (AvgIpc) is 1.76. The molecule has 0 spiro atoms. The van der Waals surface area contributed by atoms with Crippen molar-refractivity contribution in [3.8, 4) is 0 Å². The van der Waals surface area contributed by atoms with Gasteiger partial charge in [-0.05, 0) is 35.5 Å². The molecular weight excluding hydrogens is 178 g/mol. The number of carboxylic acid groups (broad SMARTS) is 1. The van der Waals surface area contributed by atoms with Gasteiger partial charge in [0.25, 0.3) is 0 Å². The second-order valence-electron chi connectivity index (χ2n) is 6.24. The van der Waals surface area contributed by atoms with Crippen molar-refractivity contribution in [2.75, 3.05) is 0 Å². The highest BCUT2D eigenvalue weighted by atomic mass is 16.4. The third kappa shape index (κ3) is 0.937. The summed E-state index contributed by atoms with van der Waals surface area (Å²) in [4.78, 5) is 10.8. The molecular formula is C11H19NO2. The van der Waals surface area contributed by atoms with Crippen LogP contribution in [0.4, 0.5) is 0 Å². The summed E-state index contributed by atoms with van der Waals surface area (Å²) in [6, 6.07) is -0.647. The molecule has 3 aliphatic carbocycles. The molecule has 3 heteroatoms. The van der Waals surface area contributed by atoms with E-state index in [1.54, 1.807) is 0 Å². The van der Waals surface area contributed by atoms with Crippen LogP contribution in [-0.4, -0.2) is 17.1 Å². The van der Waals surface area contributed by atoms with Crippen molar-refractivity contribution >= 4 is 5.97 Å². The first kappa shape index (κ1) is 9.97. The van der Waals surface area contributed by atoms with E-state index in [9.17, 15) is 4.79 Å². The van der Waals surface area contributed by atoms with Crippen molar-refractivity contribution in [2.45, 2.75) is 46.1 Å². The number of nitrogens with two attached hydrogens (primary N) is 1. The molecule has 0 aliphatic heterocycles. The van der Waals surface area contributed by atoms with E-state index in [2.05, 4.69) is 20.8 Å². The van der Waals surface area contributed by atoms with Crippen LogP contribution in [0.2, 0.25) is 0 Å². The second kappa shape index (κ2) is 2.32. The fourth-order valence-electron chi connectivity index (χ4n) is 3.25. The topological polar surface area (TPSA) is 63.3 Å². The van der Waals surface area contributed by atoms with Gasteiger partial charge < -0.3 is 10.8 Å². The molecule has 80 valence electrons. The largest absolute Gasteiger partial charge is 0.480 e. The van der Waals surface area contributed by atoms with Crippen LogP contribution in [-0.2, 0) is 4.79 Å². The number of aliphatic carboxylic acids is 1. The van der Waals surface area contributed by atoms with E-state index in [-0.39, 0.29) is 5.41 Å². The molecule has 0 radical (unpaired) electrons. The van der Waals surface area contributed by atoms with E-state index < -0.39 is 12.0 Å². The lowest BCUT2D eigenvalue weighted by atomic mass is 9.28. The van der Waals surface area contributed by atoms with E-state index in [1.807, 2.05) is 0 Å². The SMILES string of the molecule is CC(C)(C)C12CC([C@H](N)C(=O)O)(C1)C2. The summed E-state index contributed by atoms with van der Waals surface area (Å²) in [5.74, 6) is -0.841. The number of carbonyl (C=O) groups is 1. The molecule has 0 unspecified atom stereocenters. The molecule has 0 heterocycles. The predicted molar refractivity (Wildman–Crippen MR) is 53.8 cm³/mol. The molecule has 3 nitrogen and oxygen atoms in total. The molecule has 0 aromatic heterocycles. The van der Waals surface area contributed by atoms with Gasteiger partial charge in [0, 0.05) is 0 Å². The number of rotatable bonds is 2. The van der Waals surface area contributed by atoms with Gasteiger partial charge in [-0.25, -0.2) is 0 Å². The molecule has 3 aliphatic rings. The molecule has 14 heavy (non-hydrogen) atoms. The van der Waals surface area contributed by atoms with Gasteiger partial charge in [0.15, 0.2) is 0 Å². The molecule has 0 saturated heterocycles. The minimum absolute atomic E-state index is 0.0564. The Morgan fingerprint density at radius 3 is 2.07 bits per heavy atom. The van der Waals surface area contributed by atoms with E-state index >= 15 is 0 Å². The summed E-state index contributed by atoms with van der Waals surface area (Å²) < 4.78 is 0. The number of hydrogen-bond donors (Lipinski definition) is 2. The van der Waals surface area contributed by atoms with Crippen LogP contribution in [0, 0.1) is 16.2 Å². The molecule has 0 amide bonds. The lowest BCUT2D eigenvalue weighted by Gasteiger charge is -2.76. The van der Waals surface area contributed by atoms with Crippen molar-refractivity contribution in [3.05, 3.63) is 0 Å². The highest BCUT2D eigenvalue weighted by Gasteiger charge is 2.74. The van der Waals surface area contributed by atoms with Crippen molar-refractivity contribution in [1.29, 1.82) is 0 Å². The highest BCUT2D eigenvalue weighted by Crippen LogP contribution is 2.79. The molecule has 0 aromatic carbocycles. The van der Waals surface area contributed by atoms with Gasteiger partial charge in [0.2, 0.25) is 0 Å². The predicted octanol–water partition coefficient (Wildman–Crippen LogP) is 1.61. The summed E-state index contributed by atoms with van der Waals surface area (Å²) in [6.45, 7) is 6.72. The quantitative estimate of drug-likeness (QED) is 0.707. The highest BCUT2D eigenvalue weighted by molar-refractivity contribution is 5.75. The number of carboxylic acids is 1.